The molecule has 0 aliphatic heterocycles. The number of halogens is 1. The van der Waals surface area contributed by atoms with E-state index in [1.165, 1.54) is 16.4 Å². The van der Waals surface area contributed by atoms with E-state index >= 15 is 0 Å². The van der Waals surface area contributed by atoms with E-state index in [4.69, 9.17) is 11.6 Å². The van der Waals surface area contributed by atoms with Gasteiger partial charge in [0.15, 0.2) is 0 Å². The standard InChI is InChI=1S/C23H23ClN2O3S/c1-3-26(21-9-5-4-6-10-21)30(28,29)22-11-7-8-19(16-22)23(27)25(2)17-18-12-14-20(24)15-13-18/h4-16H,3,17H2,1-2H3. The first kappa shape index (κ1) is 21.9. The van der Waals surface area contributed by atoms with E-state index < -0.39 is 10.0 Å². The highest BCUT2D eigenvalue weighted by molar-refractivity contribution is 7.92. The fourth-order valence-electron chi connectivity index (χ4n) is 3.16. The van der Waals surface area contributed by atoms with Crippen molar-refractivity contribution in [2.75, 3.05) is 17.9 Å². The van der Waals surface area contributed by atoms with Gasteiger partial charge in [0.2, 0.25) is 0 Å². The lowest BCUT2D eigenvalue weighted by molar-refractivity contribution is 0.0785. The van der Waals surface area contributed by atoms with E-state index in [1.54, 1.807) is 67.4 Å². The number of nitrogens with zero attached hydrogens (tertiary/aromatic N) is 2. The highest BCUT2D eigenvalue weighted by Gasteiger charge is 2.25. The quantitative estimate of drug-likeness (QED) is 0.526. The molecule has 0 atom stereocenters. The van der Waals surface area contributed by atoms with Gasteiger partial charge in [-0.15, -0.1) is 0 Å². The van der Waals surface area contributed by atoms with E-state index in [9.17, 15) is 13.2 Å². The van der Waals surface area contributed by atoms with Gasteiger partial charge in [0.25, 0.3) is 15.9 Å². The van der Waals surface area contributed by atoms with Gasteiger partial charge in [-0.25, -0.2) is 8.42 Å². The molecule has 0 heterocycles. The minimum absolute atomic E-state index is 0.0824. The van der Waals surface area contributed by atoms with Crippen molar-refractivity contribution in [3.8, 4) is 0 Å². The molecule has 5 nitrogen and oxygen atoms in total. The Bertz CT molecular complexity index is 1120. The number of carbonyl (C=O) groups is 1. The fourth-order valence-corrected chi connectivity index (χ4v) is 4.80. The summed E-state index contributed by atoms with van der Waals surface area (Å²) in [5.41, 5.74) is 1.83. The number of hydrogen-bond donors (Lipinski definition) is 0. The van der Waals surface area contributed by atoms with Crippen LogP contribution in [0.15, 0.2) is 83.8 Å². The molecule has 0 saturated carbocycles. The predicted molar refractivity (Wildman–Crippen MR) is 120 cm³/mol. The first-order chi connectivity index (χ1) is 14.3. The molecule has 3 aromatic rings. The van der Waals surface area contributed by atoms with E-state index in [1.807, 2.05) is 18.2 Å². The van der Waals surface area contributed by atoms with Gasteiger partial charge in [0.05, 0.1) is 10.6 Å². The lowest BCUT2D eigenvalue weighted by Crippen LogP contribution is -2.31. The van der Waals surface area contributed by atoms with Gasteiger partial charge >= 0.3 is 0 Å². The van der Waals surface area contributed by atoms with Gasteiger partial charge in [-0.2, -0.15) is 0 Å². The van der Waals surface area contributed by atoms with E-state index in [0.29, 0.717) is 22.8 Å². The summed E-state index contributed by atoms with van der Waals surface area (Å²) < 4.78 is 27.8. The maximum absolute atomic E-state index is 13.2. The molecular formula is C23H23ClN2O3S. The average Bonchev–Trinajstić information content (AvgIpc) is 2.76. The summed E-state index contributed by atoms with van der Waals surface area (Å²) in [5, 5.41) is 0.629. The third kappa shape index (κ3) is 4.83. The number of para-hydroxylation sites is 1. The van der Waals surface area contributed by atoms with Crippen LogP contribution in [0.3, 0.4) is 0 Å². The van der Waals surface area contributed by atoms with Crippen LogP contribution in [0.1, 0.15) is 22.8 Å². The van der Waals surface area contributed by atoms with Gasteiger partial charge in [-0.3, -0.25) is 9.10 Å². The third-order valence-corrected chi connectivity index (χ3v) is 6.83. The zero-order valence-corrected chi connectivity index (χ0v) is 18.4. The lowest BCUT2D eigenvalue weighted by Gasteiger charge is -2.23. The van der Waals surface area contributed by atoms with Crippen LogP contribution in [-0.2, 0) is 16.6 Å². The number of rotatable bonds is 7. The summed E-state index contributed by atoms with van der Waals surface area (Å²) in [6.07, 6.45) is 0. The van der Waals surface area contributed by atoms with Crippen molar-refractivity contribution in [2.24, 2.45) is 0 Å². The van der Waals surface area contributed by atoms with E-state index in [2.05, 4.69) is 0 Å². The maximum atomic E-state index is 13.2. The second-order valence-electron chi connectivity index (χ2n) is 6.82. The number of amides is 1. The molecule has 3 aromatic carbocycles. The Hall–Kier alpha value is -2.83. The Balaban J connectivity index is 1.85. The number of carbonyl (C=O) groups excluding carboxylic acids is 1. The van der Waals surface area contributed by atoms with Crippen LogP contribution in [-0.4, -0.2) is 32.8 Å². The number of benzene rings is 3. The normalized spacial score (nSPS) is 11.2. The summed E-state index contributed by atoms with van der Waals surface area (Å²) in [6.45, 7) is 2.44. The summed E-state index contributed by atoms with van der Waals surface area (Å²) in [4.78, 5) is 14.5. The molecule has 3 rings (SSSR count). The highest BCUT2D eigenvalue weighted by Crippen LogP contribution is 2.24. The summed E-state index contributed by atoms with van der Waals surface area (Å²) in [6, 6.07) is 22.3. The molecular weight excluding hydrogens is 420 g/mol. The average molecular weight is 443 g/mol. The monoisotopic (exact) mass is 442 g/mol. The van der Waals surface area contributed by atoms with Crippen molar-refractivity contribution < 1.29 is 13.2 Å². The van der Waals surface area contributed by atoms with Crippen molar-refractivity contribution in [1.82, 2.24) is 4.90 Å². The van der Waals surface area contributed by atoms with Crippen LogP contribution >= 0.6 is 11.6 Å². The van der Waals surface area contributed by atoms with Crippen molar-refractivity contribution in [2.45, 2.75) is 18.4 Å². The molecule has 7 heteroatoms. The summed E-state index contributed by atoms with van der Waals surface area (Å²) in [5.74, 6) is -0.259. The Morgan fingerprint density at radius 1 is 0.933 bits per heavy atom. The zero-order chi connectivity index (χ0) is 21.7. The van der Waals surface area contributed by atoms with E-state index in [-0.39, 0.29) is 17.3 Å². The van der Waals surface area contributed by atoms with Gasteiger partial charge in [0, 0.05) is 30.7 Å². The largest absolute Gasteiger partial charge is 0.337 e. The van der Waals surface area contributed by atoms with Crippen LogP contribution in [0.4, 0.5) is 5.69 Å². The van der Waals surface area contributed by atoms with Crippen LogP contribution in [0.5, 0.6) is 0 Å². The minimum atomic E-state index is -3.80. The Labute approximate surface area is 182 Å². The van der Waals surface area contributed by atoms with Gasteiger partial charge in [-0.1, -0.05) is 48.0 Å². The Morgan fingerprint density at radius 2 is 1.60 bits per heavy atom. The smallest absolute Gasteiger partial charge is 0.264 e. The molecule has 0 aliphatic rings. The van der Waals surface area contributed by atoms with Gasteiger partial charge in [-0.05, 0) is 55.0 Å². The van der Waals surface area contributed by atoms with Crippen molar-refractivity contribution in [3.63, 3.8) is 0 Å². The molecule has 0 aliphatic carbocycles. The van der Waals surface area contributed by atoms with Crippen LogP contribution in [0, 0.1) is 0 Å². The molecule has 30 heavy (non-hydrogen) atoms. The first-order valence-electron chi connectivity index (χ1n) is 9.50. The Kier molecular flexibility index (Phi) is 6.80. The molecule has 0 radical (unpaired) electrons. The van der Waals surface area contributed by atoms with E-state index in [0.717, 1.165) is 5.56 Å². The molecule has 0 saturated heterocycles. The molecule has 156 valence electrons. The second-order valence-corrected chi connectivity index (χ2v) is 9.12. The molecule has 0 spiro atoms. The van der Waals surface area contributed by atoms with Crippen molar-refractivity contribution in [3.05, 3.63) is 95.0 Å². The summed E-state index contributed by atoms with van der Waals surface area (Å²) >= 11 is 5.91. The zero-order valence-electron chi connectivity index (χ0n) is 16.8. The first-order valence-corrected chi connectivity index (χ1v) is 11.3. The van der Waals surface area contributed by atoms with Gasteiger partial charge in [0.1, 0.15) is 0 Å². The van der Waals surface area contributed by atoms with Crippen LogP contribution in [0.2, 0.25) is 5.02 Å². The SMILES string of the molecule is CCN(c1ccccc1)S(=O)(=O)c1cccc(C(=O)N(C)Cc2ccc(Cl)cc2)c1. The molecule has 0 fully saturated rings. The summed E-state index contributed by atoms with van der Waals surface area (Å²) in [7, 11) is -2.12. The molecule has 0 unspecified atom stereocenters. The van der Waals surface area contributed by atoms with Crippen LogP contribution < -0.4 is 4.31 Å². The molecule has 0 bridgehead atoms. The third-order valence-electron chi connectivity index (χ3n) is 4.68. The topological polar surface area (TPSA) is 57.7 Å². The number of hydrogen-bond acceptors (Lipinski definition) is 3. The molecule has 1 amide bonds. The van der Waals surface area contributed by atoms with Crippen molar-refractivity contribution in [1.29, 1.82) is 0 Å². The second kappa shape index (κ2) is 9.32. The lowest BCUT2D eigenvalue weighted by atomic mass is 10.1. The fraction of sp³-hybridized carbons (Fsp3) is 0.174. The molecule has 0 N–H and O–H groups in total. The maximum Gasteiger partial charge on any atom is 0.264 e. The number of anilines is 1. The van der Waals surface area contributed by atoms with Gasteiger partial charge < -0.3 is 4.90 Å². The minimum Gasteiger partial charge on any atom is -0.337 e. The number of sulfonamides is 1. The molecule has 0 aromatic heterocycles. The van der Waals surface area contributed by atoms with Crippen LogP contribution in [0.25, 0.3) is 0 Å². The Morgan fingerprint density at radius 3 is 2.23 bits per heavy atom. The predicted octanol–water partition coefficient (Wildman–Crippen LogP) is 4.83. The highest BCUT2D eigenvalue weighted by atomic mass is 35.5. The van der Waals surface area contributed by atoms with Crippen molar-refractivity contribution >= 4 is 33.2 Å².